The van der Waals surface area contributed by atoms with E-state index in [9.17, 15) is 0 Å². The molecule has 0 radical (unpaired) electrons. The van der Waals surface area contributed by atoms with Gasteiger partial charge in [-0.3, -0.25) is 0 Å². The molecule has 2 heterocycles. The Balaban J connectivity index is 0.000000261. The maximum Gasteiger partial charge on any atom is 0.169 e. The molecule has 0 aliphatic carbocycles. The molecule has 1 aliphatic heterocycles. The quantitative estimate of drug-likeness (QED) is 0.381. The fourth-order valence-corrected chi connectivity index (χ4v) is 3.01. The summed E-state index contributed by atoms with van der Waals surface area (Å²) >= 11 is 0. The van der Waals surface area contributed by atoms with Crippen LogP contribution in [0.25, 0.3) is 16.7 Å². The lowest BCUT2D eigenvalue weighted by atomic mass is 10.00. The van der Waals surface area contributed by atoms with Gasteiger partial charge in [0.15, 0.2) is 12.4 Å². The predicted octanol–water partition coefficient (Wildman–Crippen LogP) is 2.01. The number of hydrogen-bond donors (Lipinski definition) is 0. The molecule has 2 nitrogen and oxygen atoms in total. The molecule has 0 amide bonds. The van der Waals surface area contributed by atoms with Crippen LogP contribution >= 0.6 is 12.4 Å². The molecule has 3 aromatic rings. The minimum Gasteiger partial charge on any atom is -1.00 e. The summed E-state index contributed by atoms with van der Waals surface area (Å²) in [6.45, 7) is 2.27. The summed E-state index contributed by atoms with van der Waals surface area (Å²) in [6, 6.07) is 25.3. The van der Waals surface area contributed by atoms with Gasteiger partial charge in [-0.2, -0.15) is 0 Å². The summed E-state index contributed by atoms with van der Waals surface area (Å²) in [6.07, 6.45) is 7.63. The van der Waals surface area contributed by atoms with Crippen LogP contribution in [0.4, 0.5) is 0 Å². The Morgan fingerprint density at radius 3 is 1.75 bits per heavy atom. The first-order valence-corrected chi connectivity index (χ1v) is 9.16. The van der Waals surface area contributed by atoms with Gasteiger partial charge in [0.25, 0.3) is 0 Å². The lowest BCUT2D eigenvalue weighted by Gasteiger charge is -2.21. The molecule has 0 unspecified atom stereocenters. The highest BCUT2D eigenvalue weighted by Crippen LogP contribution is 2.21. The van der Waals surface area contributed by atoms with Crippen LogP contribution in [0.5, 0.6) is 0 Å². The zero-order chi connectivity index (χ0) is 18.2. The minimum atomic E-state index is 0. The largest absolute Gasteiger partial charge is 1.00 e. The zero-order valence-electron chi connectivity index (χ0n) is 16.5. The molecule has 0 bridgehead atoms. The molecule has 28 heavy (non-hydrogen) atoms. The van der Waals surface area contributed by atoms with Crippen LogP contribution in [-0.4, -0.2) is 25.0 Å². The molecule has 0 saturated carbocycles. The molecule has 148 valence electrons. The molecule has 0 spiro atoms. The van der Waals surface area contributed by atoms with Crippen molar-refractivity contribution >= 4 is 18.0 Å². The SMILES string of the molecule is CN1CC=C(c2ccccc2)CC1.C[n+]1ccc(-c2ccccc2)cc1.Cl.[I-]. The van der Waals surface area contributed by atoms with Crippen LogP contribution in [-0.2, 0) is 7.05 Å². The van der Waals surface area contributed by atoms with Crippen LogP contribution < -0.4 is 28.5 Å². The molecule has 1 aliphatic rings. The Morgan fingerprint density at radius 1 is 0.750 bits per heavy atom. The van der Waals surface area contributed by atoms with Gasteiger partial charge in [0.05, 0.1) is 0 Å². The van der Waals surface area contributed by atoms with Gasteiger partial charge in [-0.25, -0.2) is 4.57 Å². The number of likely N-dealkylation sites (N-methyl/N-ethyl adjacent to an activating group) is 1. The second-order valence-corrected chi connectivity index (χ2v) is 6.73. The van der Waals surface area contributed by atoms with E-state index < -0.39 is 0 Å². The van der Waals surface area contributed by atoms with Crippen LogP contribution in [0.15, 0.2) is 91.3 Å². The normalized spacial score (nSPS) is 13.1. The Kier molecular flexibility index (Phi) is 11.0. The molecule has 0 N–H and O–H groups in total. The molecular weight excluding hydrogens is 479 g/mol. The van der Waals surface area contributed by atoms with Gasteiger partial charge in [0.2, 0.25) is 0 Å². The number of nitrogens with zero attached hydrogens (tertiary/aromatic N) is 2. The monoisotopic (exact) mass is 506 g/mol. The van der Waals surface area contributed by atoms with Gasteiger partial charge in [-0.15, -0.1) is 12.4 Å². The summed E-state index contributed by atoms with van der Waals surface area (Å²) in [4.78, 5) is 2.34. The van der Waals surface area contributed by atoms with E-state index in [1.165, 1.54) is 35.2 Å². The molecular formula is C24H28ClIN2. The zero-order valence-corrected chi connectivity index (χ0v) is 19.4. The number of halogens is 2. The maximum absolute atomic E-state index is 2.34. The summed E-state index contributed by atoms with van der Waals surface area (Å²) < 4.78 is 2.03. The van der Waals surface area contributed by atoms with Crippen molar-refractivity contribution in [3.05, 3.63) is 96.8 Å². The second kappa shape index (κ2) is 12.7. The van der Waals surface area contributed by atoms with E-state index in [1.54, 1.807) is 0 Å². The number of aromatic nitrogens is 1. The lowest BCUT2D eigenvalue weighted by molar-refractivity contribution is -0.671. The molecule has 0 fully saturated rings. The van der Waals surface area contributed by atoms with Gasteiger partial charge in [-0.1, -0.05) is 66.7 Å². The molecule has 2 aromatic carbocycles. The third-order valence-corrected chi connectivity index (χ3v) is 4.64. The molecule has 4 rings (SSSR count). The van der Waals surface area contributed by atoms with Crippen molar-refractivity contribution < 1.29 is 28.5 Å². The van der Waals surface area contributed by atoms with E-state index in [1.807, 2.05) is 17.7 Å². The molecule has 0 atom stereocenters. The third kappa shape index (κ3) is 7.38. The van der Waals surface area contributed by atoms with Gasteiger partial charge in [0, 0.05) is 25.2 Å². The number of aryl methyl sites for hydroxylation is 1. The maximum atomic E-state index is 2.34. The van der Waals surface area contributed by atoms with Crippen molar-refractivity contribution in [2.75, 3.05) is 20.1 Å². The second-order valence-electron chi connectivity index (χ2n) is 6.73. The van der Waals surface area contributed by atoms with E-state index in [2.05, 4.69) is 97.1 Å². The average Bonchev–Trinajstić information content (AvgIpc) is 2.71. The summed E-state index contributed by atoms with van der Waals surface area (Å²) in [5.41, 5.74) is 5.41. The minimum absolute atomic E-state index is 0. The Bertz CT molecular complexity index is 833. The summed E-state index contributed by atoms with van der Waals surface area (Å²) in [5.74, 6) is 0. The van der Waals surface area contributed by atoms with Gasteiger partial charge < -0.3 is 28.9 Å². The number of rotatable bonds is 2. The van der Waals surface area contributed by atoms with Crippen molar-refractivity contribution in [3.63, 3.8) is 0 Å². The molecule has 0 saturated heterocycles. The van der Waals surface area contributed by atoms with Crippen molar-refractivity contribution in [2.45, 2.75) is 6.42 Å². The van der Waals surface area contributed by atoms with Crippen molar-refractivity contribution in [1.29, 1.82) is 0 Å². The Hall–Kier alpha value is -1.69. The highest BCUT2D eigenvalue weighted by molar-refractivity contribution is 5.85. The highest BCUT2D eigenvalue weighted by Gasteiger charge is 2.08. The summed E-state index contributed by atoms with van der Waals surface area (Å²) in [7, 11) is 4.19. The van der Waals surface area contributed by atoms with E-state index in [4.69, 9.17) is 0 Å². The fourth-order valence-electron chi connectivity index (χ4n) is 3.01. The van der Waals surface area contributed by atoms with Gasteiger partial charge in [0.1, 0.15) is 7.05 Å². The first-order valence-electron chi connectivity index (χ1n) is 9.16. The van der Waals surface area contributed by atoms with E-state index in [-0.39, 0.29) is 36.4 Å². The average molecular weight is 507 g/mol. The van der Waals surface area contributed by atoms with E-state index in [0.717, 1.165) is 6.54 Å². The number of benzene rings is 2. The Morgan fingerprint density at radius 2 is 1.25 bits per heavy atom. The van der Waals surface area contributed by atoms with Crippen LogP contribution in [0.1, 0.15) is 12.0 Å². The first kappa shape index (κ1) is 24.3. The van der Waals surface area contributed by atoms with Gasteiger partial charge >= 0.3 is 0 Å². The van der Waals surface area contributed by atoms with Crippen molar-refractivity contribution in [3.8, 4) is 11.1 Å². The standard InChI is InChI=1S/C12H15N.C12H12N.ClH.HI/c2*1-13-9-7-12(8-10-13)11-5-3-2-4-6-11;;/h2-7H,8-10H2,1H3;2-10H,1H3;2*1H/q;+1;;/p-1. The highest BCUT2D eigenvalue weighted by atomic mass is 127. The van der Waals surface area contributed by atoms with Crippen molar-refractivity contribution in [1.82, 2.24) is 4.90 Å². The van der Waals surface area contributed by atoms with Crippen LogP contribution in [0, 0.1) is 0 Å². The molecule has 4 heteroatoms. The lowest BCUT2D eigenvalue weighted by Crippen LogP contribution is -3.00. The molecule has 1 aromatic heterocycles. The summed E-state index contributed by atoms with van der Waals surface area (Å²) in [5, 5.41) is 0. The smallest absolute Gasteiger partial charge is 0.169 e. The number of hydrogen-bond acceptors (Lipinski definition) is 1. The van der Waals surface area contributed by atoms with E-state index >= 15 is 0 Å². The predicted molar refractivity (Wildman–Crippen MR) is 117 cm³/mol. The van der Waals surface area contributed by atoms with Crippen molar-refractivity contribution in [2.24, 2.45) is 7.05 Å². The Labute approximate surface area is 192 Å². The fraction of sp³-hybridized carbons (Fsp3) is 0.208. The van der Waals surface area contributed by atoms with Crippen LogP contribution in [0.2, 0.25) is 0 Å². The third-order valence-electron chi connectivity index (χ3n) is 4.64. The number of pyridine rings is 1. The van der Waals surface area contributed by atoms with Gasteiger partial charge in [-0.05, 0) is 35.7 Å². The topological polar surface area (TPSA) is 7.12 Å². The van der Waals surface area contributed by atoms with E-state index in [0.29, 0.717) is 0 Å². The first-order chi connectivity index (χ1) is 12.7. The van der Waals surface area contributed by atoms with Crippen LogP contribution in [0.3, 0.4) is 0 Å².